The Labute approximate surface area is 357 Å². The van der Waals surface area contributed by atoms with E-state index in [0.29, 0.717) is 36.0 Å². The molecular formula is C52H64N6O2. The minimum atomic E-state index is -0.460. The summed E-state index contributed by atoms with van der Waals surface area (Å²) in [6, 6.07) is 39.8. The van der Waals surface area contributed by atoms with E-state index in [9.17, 15) is 9.59 Å². The number of benzene rings is 4. The monoisotopic (exact) mass is 805 g/mol. The Morgan fingerprint density at radius 2 is 0.750 bits per heavy atom. The molecule has 10 rings (SSSR count). The third kappa shape index (κ3) is 8.22. The van der Waals surface area contributed by atoms with Gasteiger partial charge in [0.15, 0.2) is 0 Å². The number of nitrogens with one attached hydrogen (secondary N) is 4. The van der Waals surface area contributed by atoms with E-state index in [2.05, 4.69) is 79.6 Å². The predicted molar refractivity (Wildman–Crippen MR) is 238 cm³/mol. The summed E-state index contributed by atoms with van der Waals surface area (Å²) in [5.74, 6) is 1.41. The second-order valence-corrected chi connectivity index (χ2v) is 19.0. The second-order valence-electron chi connectivity index (χ2n) is 19.0. The molecule has 0 radical (unpaired) electrons. The van der Waals surface area contributed by atoms with Crippen molar-refractivity contribution in [2.45, 2.75) is 138 Å². The smallest absolute Gasteiger partial charge is 0.315 e. The summed E-state index contributed by atoms with van der Waals surface area (Å²) in [7, 11) is 0. The highest BCUT2D eigenvalue weighted by atomic mass is 16.2. The van der Waals surface area contributed by atoms with Gasteiger partial charge in [-0.05, 0) is 148 Å². The van der Waals surface area contributed by atoms with Crippen LogP contribution in [0, 0.1) is 11.8 Å². The average Bonchev–Trinajstić information content (AvgIpc) is 4.06. The average molecular weight is 805 g/mol. The van der Waals surface area contributed by atoms with Crippen molar-refractivity contribution < 1.29 is 9.59 Å². The summed E-state index contributed by atoms with van der Waals surface area (Å²) in [4.78, 5) is 33.4. The zero-order valence-corrected chi connectivity index (χ0v) is 35.2. The van der Waals surface area contributed by atoms with Gasteiger partial charge in [0, 0.05) is 36.3 Å². The second kappa shape index (κ2) is 17.7. The molecule has 4 aliphatic heterocycles. The first kappa shape index (κ1) is 39.5. The van der Waals surface area contributed by atoms with Crippen LogP contribution in [-0.4, -0.2) is 47.0 Å². The lowest BCUT2D eigenvalue weighted by atomic mass is 9.84. The summed E-state index contributed by atoms with van der Waals surface area (Å²) in [6.07, 6.45) is 16.2. The highest BCUT2D eigenvalue weighted by molar-refractivity contribution is 5.77. The zero-order valence-electron chi connectivity index (χ0n) is 35.2. The standard InChI is InChI=1S/C52H64N6O2/c59-51(53-39-23-19-35(20-24-39)31-33-57-45-27-28-46(57)42-16-8-7-15-41(42)45)55-49(37-11-3-1-4-12-37)50(38-13-5-2-6-14-38)56-52(60)54-40-25-21-36(22-26-40)32-34-58-47-29-30-48(58)44-18-10-9-17-43(44)47/h1-18,35-36,39-40,45-50H,19-34H2,(H2,53,55,59)(H2,54,56,60)/t35-,36-,39-,40-,45-,46+,47-,48+,49-,50-/m1/s1. The van der Waals surface area contributed by atoms with E-state index in [1.54, 1.807) is 22.3 Å². The molecule has 4 N–H and O–H groups in total. The molecule has 2 aliphatic carbocycles. The van der Waals surface area contributed by atoms with Crippen molar-refractivity contribution in [1.29, 1.82) is 0 Å². The molecule has 8 heteroatoms. The number of rotatable bonds is 13. The van der Waals surface area contributed by atoms with Crippen LogP contribution >= 0.6 is 0 Å². The van der Waals surface area contributed by atoms with Crippen LogP contribution in [0.2, 0.25) is 0 Å². The van der Waals surface area contributed by atoms with Gasteiger partial charge in [-0.1, -0.05) is 109 Å². The van der Waals surface area contributed by atoms with Crippen molar-refractivity contribution in [2.75, 3.05) is 13.1 Å². The maximum Gasteiger partial charge on any atom is 0.315 e. The lowest BCUT2D eigenvalue weighted by Crippen LogP contribution is -2.50. The van der Waals surface area contributed by atoms with Crippen molar-refractivity contribution in [3.05, 3.63) is 143 Å². The molecule has 4 aromatic carbocycles. The molecule has 314 valence electrons. The molecule has 4 bridgehead atoms. The minimum Gasteiger partial charge on any atom is -0.335 e. The molecule has 4 fully saturated rings. The van der Waals surface area contributed by atoms with E-state index in [4.69, 9.17) is 0 Å². The molecule has 2 saturated carbocycles. The lowest BCUT2D eigenvalue weighted by molar-refractivity contribution is 0.183. The quantitative estimate of drug-likeness (QED) is 0.108. The van der Waals surface area contributed by atoms with Gasteiger partial charge < -0.3 is 21.3 Å². The maximum absolute atomic E-state index is 13.9. The van der Waals surface area contributed by atoms with Crippen LogP contribution in [0.25, 0.3) is 0 Å². The number of fused-ring (bicyclic) bond motifs is 10. The summed E-state index contributed by atoms with van der Waals surface area (Å²) < 4.78 is 0. The highest BCUT2D eigenvalue weighted by Gasteiger charge is 2.44. The topological polar surface area (TPSA) is 88.7 Å². The largest absolute Gasteiger partial charge is 0.335 e. The fourth-order valence-corrected chi connectivity index (χ4v) is 12.6. The van der Waals surface area contributed by atoms with E-state index >= 15 is 0 Å². The van der Waals surface area contributed by atoms with Crippen LogP contribution < -0.4 is 21.3 Å². The summed E-state index contributed by atoms with van der Waals surface area (Å²) in [6.45, 7) is 2.34. The fourth-order valence-electron chi connectivity index (χ4n) is 12.6. The first-order valence-corrected chi connectivity index (χ1v) is 23.5. The van der Waals surface area contributed by atoms with Gasteiger partial charge in [-0.15, -0.1) is 0 Å². The Hall–Kier alpha value is -4.66. The minimum absolute atomic E-state index is 0.147. The van der Waals surface area contributed by atoms with Crippen molar-refractivity contribution in [1.82, 2.24) is 31.1 Å². The van der Waals surface area contributed by atoms with Gasteiger partial charge in [0.2, 0.25) is 0 Å². The van der Waals surface area contributed by atoms with Gasteiger partial charge in [-0.3, -0.25) is 9.80 Å². The number of nitrogens with zero attached hydrogens (tertiary/aromatic N) is 2. The first-order valence-electron chi connectivity index (χ1n) is 23.5. The zero-order chi connectivity index (χ0) is 40.4. The molecule has 4 heterocycles. The van der Waals surface area contributed by atoms with Crippen molar-refractivity contribution in [2.24, 2.45) is 11.8 Å². The van der Waals surface area contributed by atoms with Gasteiger partial charge in [0.25, 0.3) is 0 Å². The molecule has 60 heavy (non-hydrogen) atoms. The van der Waals surface area contributed by atoms with Crippen molar-refractivity contribution >= 4 is 12.1 Å². The molecular weight excluding hydrogens is 741 g/mol. The van der Waals surface area contributed by atoms with E-state index < -0.39 is 12.1 Å². The molecule has 4 aromatic rings. The molecule has 6 atom stereocenters. The fraction of sp³-hybridized carbons (Fsp3) is 0.500. The van der Waals surface area contributed by atoms with Gasteiger partial charge in [0.1, 0.15) is 0 Å². The van der Waals surface area contributed by atoms with Crippen LogP contribution in [0.15, 0.2) is 109 Å². The Morgan fingerprint density at radius 3 is 1.08 bits per heavy atom. The van der Waals surface area contributed by atoms with Crippen LogP contribution in [0.4, 0.5) is 9.59 Å². The number of urea groups is 2. The summed E-state index contributed by atoms with van der Waals surface area (Å²) in [5.41, 5.74) is 8.16. The number of carbonyl (C=O) groups excluding carboxylic acids is 2. The van der Waals surface area contributed by atoms with Crippen molar-refractivity contribution in [3.63, 3.8) is 0 Å². The first-order chi connectivity index (χ1) is 29.6. The Bertz CT molecular complexity index is 1870. The Balaban J connectivity index is 0.719. The number of hydrogen-bond acceptors (Lipinski definition) is 4. The molecule has 0 unspecified atom stereocenters. The molecule has 0 aromatic heterocycles. The van der Waals surface area contributed by atoms with E-state index in [0.717, 1.165) is 62.5 Å². The highest BCUT2D eigenvalue weighted by Crippen LogP contribution is 2.54. The van der Waals surface area contributed by atoms with Crippen LogP contribution in [0.5, 0.6) is 0 Å². The van der Waals surface area contributed by atoms with E-state index in [1.807, 2.05) is 60.7 Å². The maximum atomic E-state index is 13.9. The molecule has 8 nitrogen and oxygen atoms in total. The Kier molecular flexibility index (Phi) is 11.7. The summed E-state index contributed by atoms with van der Waals surface area (Å²) in [5, 5.41) is 13.4. The number of hydrogen-bond donors (Lipinski definition) is 4. The van der Waals surface area contributed by atoms with E-state index in [1.165, 1.54) is 51.6 Å². The third-order valence-corrected chi connectivity index (χ3v) is 15.6. The Morgan fingerprint density at radius 1 is 0.433 bits per heavy atom. The molecule has 4 amide bonds. The van der Waals surface area contributed by atoms with Gasteiger partial charge in [-0.25, -0.2) is 9.59 Å². The van der Waals surface area contributed by atoms with Gasteiger partial charge in [0.05, 0.1) is 12.1 Å². The van der Waals surface area contributed by atoms with Gasteiger partial charge >= 0.3 is 12.1 Å². The van der Waals surface area contributed by atoms with Crippen LogP contribution in [0.1, 0.15) is 160 Å². The SMILES string of the molecule is O=C(N[C@H](c1ccccc1)[C@H](NC(=O)N[C@H]1CC[C@H](CCN2[C@@H]3CC[C@H]2c2ccccc23)CC1)c1ccccc1)N[C@H]1CC[C@H](CCN2[C@@H]3CC[C@H]2c2ccccc23)CC1. The van der Waals surface area contributed by atoms with Crippen LogP contribution in [0.3, 0.4) is 0 Å². The lowest BCUT2D eigenvalue weighted by Gasteiger charge is -2.34. The van der Waals surface area contributed by atoms with Gasteiger partial charge in [-0.2, -0.15) is 0 Å². The van der Waals surface area contributed by atoms with Crippen LogP contribution in [-0.2, 0) is 0 Å². The summed E-state index contributed by atoms with van der Waals surface area (Å²) >= 11 is 0. The van der Waals surface area contributed by atoms with Crippen molar-refractivity contribution in [3.8, 4) is 0 Å². The molecule has 0 spiro atoms. The number of amides is 4. The third-order valence-electron chi connectivity index (χ3n) is 15.6. The molecule has 2 saturated heterocycles. The predicted octanol–water partition coefficient (Wildman–Crippen LogP) is 10.7. The normalized spacial score (nSPS) is 29.0. The molecule has 6 aliphatic rings. The van der Waals surface area contributed by atoms with E-state index in [-0.39, 0.29) is 24.1 Å². The number of carbonyl (C=O) groups is 2.